The molecule has 7 heteroatoms. The molecule has 2 heterocycles. The predicted molar refractivity (Wildman–Crippen MR) is 67.6 cm³/mol. The van der Waals surface area contributed by atoms with E-state index in [0.717, 1.165) is 0 Å². The van der Waals surface area contributed by atoms with Crippen LogP contribution >= 0.6 is 0 Å². The largest absolute Gasteiger partial charge is 0.433 e. The van der Waals surface area contributed by atoms with Crippen molar-refractivity contribution in [3.8, 4) is 0 Å². The summed E-state index contributed by atoms with van der Waals surface area (Å²) < 4.78 is 4.93. The van der Waals surface area contributed by atoms with Crippen molar-refractivity contribution in [1.29, 1.82) is 0 Å². The van der Waals surface area contributed by atoms with E-state index in [2.05, 4.69) is 0 Å². The van der Waals surface area contributed by atoms with E-state index in [0.29, 0.717) is 19.5 Å². The highest BCUT2D eigenvalue weighted by Gasteiger charge is 2.36. The quantitative estimate of drug-likeness (QED) is 0.644. The minimum absolute atomic E-state index is 0.00188. The van der Waals surface area contributed by atoms with Crippen LogP contribution in [-0.4, -0.2) is 34.9 Å². The SMILES string of the molecule is CC1(C)CN(C(=O)c2ccc([N+](=O)[O-])o2)CCC1N. The van der Waals surface area contributed by atoms with Crippen molar-refractivity contribution in [2.24, 2.45) is 11.1 Å². The number of furan rings is 1. The molecule has 0 saturated carbocycles. The highest BCUT2D eigenvalue weighted by molar-refractivity contribution is 5.91. The summed E-state index contributed by atoms with van der Waals surface area (Å²) in [5, 5.41) is 10.5. The Morgan fingerprint density at radius 3 is 2.79 bits per heavy atom. The van der Waals surface area contributed by atoms with Gasteiger partial charge in [0, 0.05) is 19.1 Å². The monoisotopic (exact) mass is 267 g/mol. The zero-order valence-corrected chi connectivity index (χ0v) is 11.0. The highest BCUT2D eigenvalue weighted by Crippen LogP contribution is 2.29. The van der Waals surface area contributed by atoms with Crippen LogP contribution in [0, 0.1) is 15.5 Å². The van der Waals surface area contributed by atoms with E-state index in [9.17, 15) is 14.9 Å². The zero-order valence-electron chi connectivity index (χ0n) is 11.0. The second-order valence-corrected chi connectivity index (χ2v) is 5.51. The fourth-order valence-electron chi connectivity index (χ4n) is 2.24. The summed E-state index contributed by atoms with van der Waals surface area (Å²) in [4.78, 5) is 23.7. The fraction of sp³-hybridized carbons (Fsp3) is 0.583. The third-order valence-corrected chi connectivity index (χ3v) is 3.58. The van der Waals surface area contributed by atoms with Crippen molar-refractivity contribution in [2.75, 3.05) is 13.1 Å². The van der Waals surface area contributed by atoms with Gasteiger partial charge < -0.3 is 15.1 Å². The van der Waals surface area contributed by atoms with Crippen molar-refractivity contribution in [3.63, 3.8) is 0 Å². The molecule has 2 N–H and O–H groups in total. The van der Waals surface area contributed by atoms with Crippen LogP contribution < -0.4 is 5.73 Å². The van der Waals surface area contributed by atoms with Crippen LogP contribution in [0.2, 0.25) is 0 Å². The van der Waals surface area contributed by atoms with E-state index in [4.69, 9.17) is 10.2 Å². The van der Waals surface area contributed by atoms with Crippen molar-refractivity contribution in [3.05, 3.63) is 28.0 Å². The van der Waals surface area contributed by atoms with E-state index in [1.807, 2.05) is 13.8 Å². The van der Waals surface area contributed by atoms with E-state index in [-0.39, 0.29) is 23.1 Å². The van der Waals surface area contributed by atoms with Gasteiger partial charge in [-0.3, -0.25) is 14.9 Å². The lowest BCUT2D eigenvalue weighted by Crippen LogP contribution is -2.53. The Kier molecular flexibility index (Phi) is 3.32. The van der Waals surface area contributed by atoms with Crippen LogP contribution in [0.3, 0.4) is 0 Å². The van der Waals surface area contributed by atoms with Gasteiger partial charge in [-0.25, -0.2) is 0 Å². The number of likely N-dealkylation sites (tertiary alicyclic amines) is 1. The van der Waals surface area contributed by atoms with Crippen molar-refractivity contribution in [1.82, 2.24) is 4.90 Å². The number of nitro groups is 1. The topological polar surface area (TPSA) is 103 Å². The standard InChI is InChI=1S/C12H17N3O4/c1-12(2)7-14(6-5-9(12)13)11(16)8-3-4-10(19-8)15(17)18/h3-4,9H,5-7,13H2,1-2H3. The van der Waals surface area contributed by atoms with Crippen LogP contribution in [0.5, 0.6) is 0 Å². The molecule has 1 aromatic heterocycles. The van der Waals surface area contributed by atoms with Gasteiger partial charge in [-0.05, 0) is 17.9 Å². The first-order valence-corrected chi connectivity index (χ1v) is 6.10. The summed E-state index contributed by atoms with van der Waals surface area (Å²) in [6, 6.07) is 2.57. The molecule has 1 atom stereocenters. The number of carbonyl (C=O) groups excluding carboxylic acids is 1. The first-order chi connectivity index (χ1) is 8.81. The van der Waals surface area contributed by atoms with Crippen LogP contribution in [0.1, 0.15) is 30.8 Å². The summed E-state index contributed by atoms with van der Waals surface area (Å²) in [5.74, 6) is -0.748. The van der Waals surface area contributed by atoms with E-state index in [1.165, 1.54) is 12.1 Å². The first kappa shape index (κ1) is 13.5. The molecule has 0 radical (unpaired) electrons. The number of rotatable bonds is 2. The van der Waals surface area contributed by atoms with Crippen molar-refractivity contribution < 1.29 is 14.1 Å². The average Bonchev–Trinajstić information content (AvgIpc) is 2.81. The zero-order chi connectivity index (χ0) is 14.2. The number of hydrogen-bond donors (Lipinski definition) is 1. The number of carbonyl (C=O) groups is 1. The van der Waals surface area contributed by atoms with Gasteiger partial charge in [0.15, 0.2) is 5.76 Å². The molecule has 1 fully saturated rings. The molecular formula is C12H17N3O4. The molecule has 19 heavy (non-hydrogen) atoms. The van der Waals surface area contributed by atoms with Crippen LogP contribution in [0.25, 0.3) is 0 Å². The second kappa shape index (κ2) is 4.65. The second-order valence-electron chi connectivity index (χ2n) is 5.51. The molecular weight excluding hydrogens is 250 g/mol. The molecule has 1 aliphatic heterocycles. The molecule has 0 aromatic carbocycles. The van der Waals surface area contributed by atoms with Crippen LogP contribution in [-0.2, 0) is 0 Å². The van der Waals surface area contributed by atoms with Crippen molar-refractivity contribution >= 4 is 11.8 Å². The molecule has 1 saturated heterocycles. The van der Waals surface area contributed by atoms with Gasteiger partial charge >= 0.3 is 5.88 Å². The normalized spacial score (nSPS) is 22.3. The molecule has 1 unspecified atom stereocenters. The van der Waals surface area contributed by atoms with Gasteiger partial charge in [0.25, 0.3) is 5.91 Å². The van der Waals surface area contributed by atoms with Gasteiger partial charge in [-0.1, -0.05) is 13.8 Å². The van der Waals surface area contributed by atoms with Gasteiger partial charge in [0.2, 0.25) is 0 Å². The lowest BCUT2D eigenvalue weighted by molar-refractivity contribution is -0.402. The third kappa shape index (κ3) is 2.60. The summed E-state index contributed by atoms with van der Waals surface area (Å²) in [6.07, 6.45) is 0.710. The maximum Gasteiger partial charge on any atom is 0.433 e. The first-order valence-electron chi connectivity index (χ1n) is 6.10. The van der Waals surface area contributed by atoms with Crippen molar-refractivity contribution in [2.45, 2.75) is 26.3 Å². The molecule has 104 valence electrons. The van der Waals surface area contributed by atoms with E-state index < -0.39 is 10.8 Å². The van der Waals surface area contributed by atoms with E-state index >= 15 is 0 Å². The summed E-state index contributed by atoms with van der Waals surface area (Å²) in [6.45, 7) is 5.06. The number of amides is 1. The Hall–Kier alpha value is -1.89. The summed E-state index contributed by atoms with van der Waals surface area (Å²) >= 11 is 0. The van der Waals surface area contributed by atoms with Gasteiger partial charge in [0.05, 0.1) is 6.07 Å². The maximum absolute atomic E-state index is 12.2. The molecule has 1 amide bonds. The van der Waals surface area contributed by atoms with Crippen LogP contribution in [0.15, 0.2) is 16.5 Å². The lowest BCUT2D eigenvalue weighted by atomic mass is 9.79. The van der Waals surface area contributed by atoms with Gasteiger partial charge in [-0.15, -0.1) is 0 Å². The number of nitrogens with two attached hydrogens (primary N) is 1. The molecule has 2 rings (SSSR count). The fourth-order valence-corrected chi connectivity index (χ4v) is 2.24. The molecule has 1 aliphatic rings. The Morgan fingerprint density at radius 1 is 1.58 bits per heavy atom. The third-order valence-electron chi connectivity index (χ3n) is 3.58. The summed E-state index contributed by atoms with van der Waals surface area (Å²) in [5.41, 5.74) is 5.83. The number of nitrogens with zero attached hydrogens (tertiary/aromatic N) is 2. The molecule has 0 bridgehead atoms. The Labute approximate surface area is 110 Å². The Morgan fingerprint density at radius 2 is 2.26 bits per heavy atom. The van der Waals surface area contributed by atoms with Crippen LogP contribution in [0.4, 0.5) is 5.88 Å². The lowest BCUT2D eigenvalue weighted by Gasteiger charge is -2.42. The van der Waals surface area contributed by atoms with Gasteiger partial charge in [0.1, 0.15) is 4.92 Å². The predicted octanol–water partition coefficient (Wildman–Crippen LogP) is 1.39. The maximum atomic E-state index is 12.2. The smallest absolute Gasteiger partial charge is 0.395 e. The minimum Gasteiger partial charge on any atom is -0.395 e. The molecule has 0 spiro atoms. The van der Waals surface area contributed by atoms with Gasteiger partial charge in [-0.2, -0.15) is 0 Å². The average molecular weight is 267 g/mol. The molecule has 1 aromatic rings. The highest BCUT2D eigenvalue weighted by atomic mass is 16.6. The Balaban J connectivity index is 2.13. The molecule has 0 aliphatic carbocycles. The van der Waals surface area contributed by atoms with E-state index in [1.54, 1.807) is 4.90 Å². The number of hydrogen-bond acceptors (Lipinski definition) is 5. The minimum atomic E-state index is -0.660. The molecule has 7 nitrogen and oxygen atoms in total. The summed E-state index contributed by atoms with van der Waals surface area (Å²) in [7, 11) is 0. The Bertz CT molecular complexity index is 509. The number of piperidine rings is 1.